The Bertz CT molecular complexity index is 608. The van der Waals surface area contributed by atoms with Gasteiger partial charge in [0, 0.05) is 18.8 Å². The highest BCUT2D eigenvalue weighted by Crippen LogP contribution is 2.13. The molecule has 2 rings (SSSR count). The Hall–Kier alpha value is -2.15. The summed E-state index contributed by atoms with van der Waals surface area (Å²) >= 11 is 4.84. The summed E-state index contributed by atoms with van der Waals surface area (Å²) in [6, 6.07) is 8.25. The average Bonchev–Trinajstić information content (AvgIpc) is 2.87. The van der Waals surface area contributed by atoms with E-state index in [1.165, 1.54) is 5.69 Å². The number of hydrogen-bond donors (Lipinski definition) is 3. The van der Waals surface area contributed by atoms with E-state index in [0.717, 1.165) is 18.7 Å². The fraction of sp³-hybridized carbons (Fsp3) is 0.308. The third kappa shape index (κ3) is 3.67. The van der Waals surface area contributed by atoms with Gasteiger partial charge in [0.2, 0.25) is 10.7 Å². The van der Waals surface area contributed by atoms with Gasteiger partial charge in [-0.15, -0.1) is 0 Å². The van der Waals surface area contributed by atoms with Gasteiger partial charge in [-0.2, -0.15) is 10.1 Å². The summed E-state index contributed by atoms with van der Waals surface area (Å²) < 4.78 is 0.395. The number of hydrogen-bond acceptors (Lipinski definition) is 5. The molecule has 0 aliphatic carbocycles. The van der Waals surface area contributed by atoms with Gasteiger partial charge in [0.1, 0.15) is 0 Å². The molecule has 0 radical (unpaired) electrons. The second-order valence-corrected chi connectivity index (χ2v) is 4.54. The van der Waals surface area contributed by atoms with E-state index < -0.39 is 0 Å². The molecule has 0 aliphatic rings. The first-order valence-electron chi connectivity index (χ1n) is 6.51. The number of rotatable bonds is 6. The lowest BCUT2D eigenvalue weighted by atomic mass is 10.2. The fourth-order valence-electron chi connectivity index (χ4n) is 1.85. The third-order valence-corrected chi connectivity index (χ3v) is 3.10. The first kappa shape index (κ1) is 14.3. The average molecular weight is 290 g/mol. The molecule has 0 atom stereocenters. The number of hydrazone groups is 1. The van der Waals surface area contributed by atoms with Gasteiger partial charge in [-0.1, -0.05) is 12.1 Å². The van der Waals surface area contributed by atoms with Crippen molar-refractivity contribution in [3.8, 4) is 0 Å². The highest BCUT2D eigenvalue weighted by molar-refractivity contribution is 7.71. The molecular formula is C13H18N6S. The van der Waals surface area contributed by atoms with E-state index in [0.29, 0.717) is 10.7 Å². The van der Waals surface area contributed by atoms with Crippen molar-refractivity contribution < 1.29 is 0 Å². The molecule has 0 saturated carbocycles. The monoisotopic (exact) mass is 290 g/mol. The van der Waals surface area contributed by atoms with Crippen LogP contribution < -0.4 is 10.3 Å². The lowest BCUT2D eigenvalue weighted by Crippen LogP contribution is -2.21. The summed E-state index contributed by atoms with van der Waals surface area (Å²) in [5, 5.41) is 9.54. The Morgan fingerprint density at radius 2 is 1.95 bits per heavy atom. The Balaban J connectivity index is 1.98. The normalized spacial score (nSPS) is 10.9. The van der Waals surface area contributed by atoms with E-state index in [9.17, 15) is 0 Å². The molecule has 106 valence electrons. The topological polar surface area (TPSA) is 72.1 Å². The molecule has 6 nitrogen and oxygen atoms in total. The van der Waals surface area contributed by atoms with Crippen LogP contribution in [-0.2, 0) is 0 Å². The van der Waals surface area contributed by atoms with Gasteiger partial charge < -0.3 is 4.90 Å². The van der Waals surface area contributed by atoms with Gasteiger partial charge in [0.05, 0.1) is 6.21 Å². The predicted molar refractivity (Wildman–Crippen MR) is 85.0 cm³/mol. The predicted octanol–water partition coefficient (Wildman–Crippen LogP) is 2.76. The molecule has 0 spiro atoms. The Kier molecular flexibility index (Phi) is 4.89. The highest BCUT2D eigenvalue weighted by Gasteiger charge is 2.00. The van der Waals surface area contributed by atoms with E-state index in [2.05, 4.69) is 56.6 Å². The van der Waals surface area contributed by atoms with Crippen LogP contribution in [-0.4, -0.2) is 34.5 Å². The number of nitrogens with one attached hydrogen (secondary N) is 3. The lowest BCUT2D eigenvalue weighted by molar-refractivity contribution is 0.866. The molecule has 20 heavy (non-hydrogen) atoms. The van der Waals surface area contributed by atoms with E-state index in [4.69, 9.17) is 12.2 Å². The van der Waals surface area contributed by atoms with Crippen LogP contribution in [0.1, 0.15) is 19.4 Å². The molecule has 1 aromatic heterocycles. The molecule has 0 bridgehead atoms. The van der Waals surface area contributed by atoms with Crippen molar-refractivity contribution >= 4 is 30.1 Å². The van der Waals surface area contributed by atoms with E-state index >= 15 is 0 Å². The van der Waals surface area contributed by atoms with Crippen LogP contribution in [0.5, 0.6) is 0 Å². The molecule has 0 amide bonds. The van der Waals surface area contributed by atoms with Gasteiger partial charge >= 0.3 is 0 Å². The molecular weight excluding hydrogens is 272 g/mol. The van der Waals surface area contributed by atoms with Crippen molar-refractivity contribution in [3.63, 3.8) is 0 Å². The Labute approximate surface area is 122 Å². The largest absolute Gasteiger partial charge is 0.372 e. The van der Waals surface area contributed by atoms with Crippen molar-refractivity contribution in [1.82, 2.24) is 15.2 Å². The van der Waals surface area contributed by atoms with Crippen LogP contribution in [0, 0.1) is 4.77 Å². The minimum Gasteiger partial charge on any atom is -0.372 e. The van der Waals surface area contributed by atoms with Crippen molar-refractivity contribution in [2.75, 3.05) is 23.4 Å². The van der Waals surface area contributed by atoms with E-state index in [-0.39, 0.29) is 0 Å². The summed E-state index contributed by atoms with van der Waals surface area (Å²) in [4.78, 5) is 6.27. The molecule has 7 heteroatoms. The number of benzene rings is 1. The van der Waals surface area contributed by atoms with Crippen molar-refractivity contribution in [2.24, 2.45) is 5.10 Å². The Morgan fingerprint density at radius 1 is 1.25 bits per heavy atom. The summed E-state index contributed by atoms with van der Waals surface area (Å²) in [6.07, 6.45) is 1.73. The van der Waals surface area contributed by atoms with Crippen molar-refractivity contribution in [2.45, 2.75) is 13.8 Å². The van der Waals surface area contributed by atoms with Crippen LogP contribution in [0.4, 0.5) is 11.6 Å². The molecule has 0 unspecified atom stereocenters. The van der Waals surface area contributed by atoms with Crippen molar-refractivity contribution in [3.05, 3.63) is 34.6 Å². The highest BCUT2D eigenvalue weighted by atomic mass is 32.1. The maximum Gasteiger partial charge on any atom is 0.238 e. The van der Waals surface area contributed by atoms with E-state index in [1.54, 1.807) is 6.21 Å². The molecule has 0 fully saturated rings. The molecule has 2 aromatic rings. The molecule has 0 saturated heterocycles. The second-order valence-electron chi connectivity index (χ2n) is 4.15. The van der Waals surface area contributed by atoms with Crippen LogP contribution in [0.15, 0.2) is 29.4 Å². The van der Waals surface area contributed by atoms with Crippen LogP contribution in [0.3, 0.4) is 0 Å². The minimum absolute atomic E-state index is 0.395. The molecule has 3 N–H and O–H groups in total. The van der Waals surface area contributed by atoms with Gasteiger partial charge in [0.25, 0.3) is 0 Å². The zero-order valence-corrected chi connectivity index (χ0v) is 12.4. The Morgan fingerprint density at radius 3 is 2.50 bits per heavy atom. The summed E-state index contributed by atoms with van der Waals surface area (Å²) in [7, 11) is 0. The van der Waals surface area contributed by atoms with Gasteiger partial charge in [-0.3, -0.25) is 10.2 Å². The fourth-order valence-corrected chi connectivity index (χ4v) is 1.99. The van der Waals surface area contributed by atoms with Crippen LogP contribution in [0.2, 0.25) is 0 Å². The SMILES string of the molecule is CCN(CC)c1ccc(/C=N\Nc2nc(=S)[nH][nH]2)cc1. The number of anilines is 2. The maximum absolute atomic E-state index is 4.84. The van der Waals surface area contributed by atoms with E-state index in [1.807, 2.05) is 12.1 Å². The summed E-state index contributed by atoms with van der Waals surface area (Å²) in [5.74, 6) is 0.492. The van der Waals surface area contributed by atoms with Crippen LogP contribution in [0.25, 0.3) is 0 Å². The van der Waals surface area contributed by atoms with Crippen LogP contribution >= 0.6 is 12.2 Å². The maximum atomic E-state index is 4.84. The number of H-pyrrole nitrogens is 2. The summed E-state index contributed by atoms with van der Waals surface area (Å²) in [6.45, 7) is 6.31. The molecule has 1 heterocycles. The molecule has 0 aliphatic heterocycles. The molecule has 1 aromatic carbocycles. The first-order valence-corrected chi connectivity index (χ1v) is 6.92. The van der Waals surface area contributed by atoms with Gasteiger partial charge in [-0.05, 0) is 43.8 Å². The zero-order chi connectivity index (χ0) is 14.4. The summed E-state index contributed by atoms with van der Waals surface area (Å²) in [5.41, 5.74) is 5.00. The standard InChI is InChI=1S/C13H18N6S/c1-3-19(4-2)11-7-5-10(6-8-11)9-14-16-12-15-13(20)18-17-12/h5-9H,3-4H2,1-2H3,(H3,15,16,17,18,20)/b14-9-. The third-order valence-electron chi connectivity index (χ3n) is 2.91. The number of nitrogens with zero attached hydrogens (tertiary/aromatic N) is 3. The van der Waals surface area contributed by atoms with Crippen molar-refractivity contribution in [1.29, 1.82) is 0 Å². The zero-order valence-electron chi connectivity index (χ0n) is 11.6. The second kappa shape index (κ2) is 6.85. The smallest absolute Gasteiger partial charge is 0.238 e. The number of aromatic nitrogens is 3. The number of aromatic amines is 2. The first-order chi connectivity index (χ1) is 9.72. The van der Waals surface area contributed by atoms with Gasteiger partial charge in [0.15, 0.2) is 0 Å². The minimum atomic E-state index is 0.395. The quantitative estimate of drug-likeness (QED) is 0.434. The lowest BCUT2D eigenvalue weighted by Gasteiger charge is -2.20. The van der Waals surface area contributed by atoms with Gasteiger partial charge in [-0.25, -0.2) is 5.43 Å².